The summed E-state index contributed by atoms with van der Waals surface area (Å²) >= 11 is 1.52. The zero-order valence-corrected chi connectivity index (χ0v) is 13.0. The van der Waals surface area contributed by atoms with Crippen molar-refractivity contribution in [2.45, 2.75) is 43.7 Å². The number of nitrogens with two attached hydrogens (primary N) is 1. The van der Waals surface area contributed by atoms with Crippen LogP contribution in [0.5, 0.6) is 0 Å². The van der Waals surface area contributed by atoms with Crippen LogP contribution in [0.2, 0.25) is 0 Å². The normalized spacial score (nSPS) is 10.9. The molecule has 0 spiro atoms. The van der Waals surface area contributed by atoms with E-state index in [0.29, 0.717) is 5.82 Å². The predicted molar refractivity (Wildman–Crippen MR) is 81.8 cm³/mol. The molecule has 0 saturated carbocycles. The van der Waals surface area contributed by atoms with Crippen LogP contribution in [0.15, 0.2) is 28.3 Å². The summed E-state index contributed by atoms with van der Waals surface area (Å²) in [4.78, 5) is 13.4. The molecule has 0 bridgehead atoms. The van der Waals surface area contributed by atoms with Gasteiger partial charge in [0.2, 0.25) is 0 Å². The van der Waals surface area contributed by atoms with Gasteiger partial charge in [-0.25, -0.2) is 20.8 Å². The maximum Gasteiger partial charge on any atom is 0.144 e. The van der Waals surface area contributed by atoms with E-state index in [0.717, 1.165) is 21.6 Å². The number of hydrogen-bond donors (Lipinski definition) is 2. The Balaban J connectivity index is 2.34. The number of rotatable bonds is 4. The molecule has 0 atom stereocenters. The van der Waals surface area contributed by atoms with Gasteiger partial charge < -0.3 is 5.43 Å². The third-order valence-electron chi connectivity index (χ3n) is 2.67. The van der Waals surface area contributed by atoms with Crippen molar-refractivity contribution in [3.63, 3.8) is 0 Å². The summed E-state index contributed by atoms with van der Waals surface area (Å²) in [5, 5.41) is 1.77. The molecule has 20 heavy (non-hydrogen) atoms. The number of pyridine rings is 1. The number of nitrogen functional groups attached to an aromatic ring is 1. The molecule has 3 N–H and O–H groups in total. The van der Waals surface area contributed by atoms with Gasteiger partial charge in [-0.3, -0.25) is 0 Å². The first-order chi connectivity index (χ1) is 9.47. The number of nitrogens with one attached hydrogen (secondary N) is 1. The number of hydrazine groups is 1. The van der Waals surface area contributed by atoms with Gasteiger partial charge in [0.15, 0.2) is 0 Å². The smallest absolute Gasteiger partial charge is 0.144 e. The van der Waals surface area contributed by atoms with E-state index in [1.807, 2.05) is 19.1 Å². The first-order valence-electron chi connectivity index (χ1n) is 6.46. The number of aromatic nitrogens is 3. The summed E-state index contributed by atoms with van der Waals surface area (Å²) in [6.45, 7) is 8.16. The molecule has 0 radical (unpaired) electrons. The number of anilines is 1. The minimum Gasteiger partial charge on any atom is -0.308 e. The molecule has 2 rings (SSSR count). The highest BCUT2D eigenvalue weighted by Crippen LogP contribution is 2.28. The van der Waals surface area contributed by atoms with E-state index in [4.69, 9.17) is 5.84 Å². The van der Waals surface area contributed by atoms with E-state index in [1.165, 1.54) is 17.3 Å². The van der Waals surface area contributed by atoms with Crippen molar-refractivity contribution >= 4 is 17.6 Å². The minimum atomic E-state index is 0.245. The second-order valence-corrected chi connectivity index (χ2v) is 6.02. The van der Waals surface area contributed by atoms with Crippen molar-refractivity contribution in [1.29, 1.82) is 0 Å². The molecular weight excluding hydrogens is 270 g/mol. The fourth-order valence-electron chi connectivity index (χ4n) is 1.79. The highest BCUT2D eigenvalue weighted by Gasteiger charge is 2.09. The average molecular weight is 289 g/mol. The predicted octanol–water partition coefficient (Wildman–Crippen LogP) is 3.05. The molecule has 0 unspecified atom stereocenters. The summed E-state index contributed by atoms with van der Waals surface area (Å²) in [6, 6.07) is 5.93. The third kappa shape index (κ3) is 3.68. The Labute approximate surface area is 123 Å². The van der Waals surface area contributed by atoms with Gasteiger partial charge in [0, 0.05) is 17.7 Å². The van der Waals surface area contributed by atoms with E-state index >= 15 is 0 Å². The van der Waals surface area contributed by atoms with Crippen LogP contribution in [0, 0.1) is 13.8 Å². The lowest BCUT2D eigenvalue weighted by molar-refractivity contribution is 0.754. The van der Waals surface area contributed by atoms with Gasteiger partial charge in [0.1, 0.15) is 21.7 Å². The fourth-order valence-corrected chi connectivity index (χ4v) is 2.75. The quantitative estimate of drug-likeness (QED) is 0.512. The van der Waals surface area contributed by atoms with E-state index in [-0.39, 0.29) is 5.92 Å². The van der Waals surface area contributed by atoms with Crippen molar-refractivity contribution in [3.05, 3.63) is 35.3 Å². The van der Waals surface area contributed by atoms with E-state index in [2.05, 4.69) is 47.2 Å². The van der Waals surface area contributed by atoms with Crippen LogP contribution in [0.4, 0.5) is 5.82 Å². The highest BCUT2D eigenvalue weighted by atomic mass is 32.2. The molecule has 0 aliphatic rings. The van der Waals surface area contributed by atoms with E-state index in [1.54, 1.807) is 0 Å². The summed E-state index contributed by atoms with van der Waals surface area (Å²) in [6.07, 6.45) is 0. The zero-order chi connectivity index (χ0) is 14.7. The van der Waals surface area contributed by atoms with E-state index in [9.17, 15) is 0 Å². The first-order valence-corrected chi connectivity index (χ1v) is 7.28. The summed E-state index contributed by atoms with van der Waals surface area (Å²) in [5.74, 6) is 7.10. The lowest BCUT2D eigenvalue weighted by Crippen LogP contribution is -2.11. The molecule has 2 heterocycles. The molecule has 5 nitrogen and oxygen atoms in total. The van der Waals surface area contributed by atoms with Gasteiger partial charge in [0.05, 0.1) is 0 Å². The van der Waals surface area contributed by atoms with Gasteiger partial charge in [0.25, 0.3) is 0 Å². The second kappa shape index (κ2) is 6.19. The molecule has 0 aromatic carbocycles. The molecule has 0 aliphatic carbocycles. The van der Waals surface area contributed by atoms with Crippen LogP contribution in [0.3, 0.4) is 0 Å². The molecule has 2 aromatic rings. The van der Waals surface area contributed by atoms with Crippen molar-refractivity contribution in [1.82, 2.24) is 15.0 Å². The Morgan fingerprint density at radius 1 is 1.05 bits per heavy atom. The highest BCUT2D eigenvalue weighted by molar-refractivity contribution is 7.99. The topological polar surface area (TPSA) is 76.7 Å². The maximum atomic E-state index is 5.46. The van der Waals surface area contributed by atoms with Crippen LogP contribution in [-0.4, -0.2) is 15.0 Å². The van der Waals surface area contributed by atoms with Gasteiger partial charge in [-0.1, -0.05) is 13.8 Å². The van der Waals surface area contributed by atoms with Gasteiger partial charge in [-0.2, -0.15) is 0 Å². The molecule has 2 aromatic heterocycles. The van der Waals surface area contributed by atoms with Crippen LogP contribution in [-0.2, 0) is 0 Å². The van der Waals surface area contributed by atoms with Gasteiger partial charge in [-0.15, -0.1) is 0 Å². The lowest BCUT2D eigenvalue weighted by atomic mass is 10.2. The Morgan fingerprint density at radius 3 is 2.35 bits per heavy atom. The molecule has 0 fully saturated rings. The van der Waals surface area contributed by atoms with Crippen molar-refractivity contribution in [2.24, 2.45) is 5.84 Å². The molecule has 0 amide bonds. The molecule has 0 aliphatic heterocycles. The molecule has 0 saturated heterocycles. The summed E-state index contributed by atoms with van der Waals surface area (Å²) in [5.41, 5.74) is 4.78. The third-order valence-corrected chi connectivity index (χ3v) is 3.50. The van der Waals surface area contributed by atoms with Gasteiger partial charge >= 0.3 is 0 Å². The molecule has 6 heteroatoms. The molecular formula is C14H19N5S. The van der Waals surface area contributed by atoms with Crippen molar-refractivity contribution in [3.8, 4) is 0 Å². The molecule has 106 valence electrons. The second-order valence-electron chi connectivity index (χ2n) is 4.97. The van der Waals surface area contributed by atoms with Crippen LogP contribution < -0.4 is 11.3 Å². The van der Waals surface area contributed by atoms with Crippen molar-refractivity contribution in [2.75, 3.05) is 5.43 Å². The maximum absolute atomic E-state index is 5.46. The average Bonchev–Trinajstić information content (AvgIpc) is 2.36. The monoisotopic (exact) mass is 289 g/mol. The van der Waals surface area contributed by atoms with Gasteiger partial charge in [-0.05, 0) is 43.3 Å². The Kier molecular flexibility index (Phi) is 4.57. The summed E-state index contributed by atoms with van der Waals surface area (Å²) < 4.78 is 0. The van der Waals surface area contributed by atoms with E-state index < -0.39 is 0 Å². The Morgan fingerprint density at radius 2 is 1.75 bits per heavy atom. The van der Waals surface area contributed by atoms with Crippen LogP contribution in [0.1, 0.15) is 36.8 Å². The standard InChI is InChI=1S/C14H19N5S/c1-8(2)14-17-11(19-15)7-13(18-14)20-12-6-9(3)5-10(4)16-12/h5-8H,15H2,1-4H3,(H,17,18,19). The Hall–Kier alpha value is -1.66. The number of aryl methyl sites for hydroxylation is 2. The minimum absolute atomic E-state index is 0.245. The summed E-state index contributed by atoms with van der Waals surface area (Å²) in [7, 11) is 0. The SMILES string of the molecule is Cc1cc(C)nc(Sc2cc(NN)nc(C(C)C)n2)c1. The van der Waals surface area contributed by atoms with Crippen LogP contribution in [0.25, 0.3) is 0 Å². The first kappa shape index (κ1) is 14.7. The Bertz CT molecular complexity index is 592. The zero-order valence-electron chi connectivity index (χ0n) is 12.1. The number of nitrogens with zero attached hydrogens (tertiary/aromatic N) is 3. The number of hydrogen-bond acceptors (Lipinski definition) is 6. The fraction of sp³-hybridized carbons (Fsp3) is 0.357. The lowest BCUT2D eigenvalue weighted by Gasteiger charge is -2.09. The van der Waals surface area contributed by atoms with Crippen LogP contribution >= 0.6 is 11.8 Å². The van der Waals surface area contributed by atoms with Crippen molar-refractivity contribution < 1.29 is 0 Å². The largest absolute Gasteiger partial charge is 0.308 e.